The zero-order valence-corrected chi connectivity index (χ0v) is 13.1. The smallest absolute Gasteiger partial charge is 0.290 e. The second kappa shape index (κ2) is 9.68. The number of pyridine rings is 1. The van der Waals surface area contributed by atoms with Gasteiger partial charge in [0.15, 0.2) is 0 Å². The Kier molecular flexibility index (Phi) is 8.72. The number of aromatic amines is 1. The summed E-state index contributed by atoms with van der Waals surface area (Å²) in [5.41, 5.74) is 0.690. The van der Waals surface area contributed by atoms with Gasteiger partial charge in [-0.1, -0.05) is 6.92 Å². The quantitative estimate of drug-likeness (QED) is 0.385. The van der Waals surface area contributed by atoms with Crippen LogP contribution in [0.2, 0.25) is 0 Å². The number of carbonyl (C=O) groups excluding carboxylic acids is 1. The Morgan fingerprint density at radius 3 is 2.45 bits per heavy atom. The van der Waals surface area contributed by atoms with Crippen LogP contribution in [0.5, 0.6) is 0 Å². The topological polar surface area (TPSA) is 145 Å². The molecule has 124 valence electrons. The first kappa shape index (κ1) is 19.8. The lowest BCUT2D eigenvalue weighted by Crippen LogP contribution is -2.34. The van der Waals surface area contributed by atoms with Gasteiger partial charge in [-0.15, -0.1) is 0 Å². The van der Waals surface area contributed by atoms with Crippen LogP contribution in [0.1, 0.15) is 23.0 Å². The molecule has 0 saturated heterocycles. The van der Waals surface area contributed by atoms with E-state index < -0.39 is 10.0 Å². The third-order valence-corrected chi connectivity index (χ3v) is 3.10. The lowest BCUT2D eigenvalue weighted by molar-refractivity contribution is -0.122. The van der Waals surface area contributed by atoms with Crippen molar-refractivity contribution >= 4 is 22.4 Å². The first-order chi connectivity index (χ1) is 10.2. The van der Waals surface area contributed by atoms with E-state index in [0.717, 1.165) is 6.26 Å². The van der Waals surface area contributed by atoms with E-state index in [9.17, 15) is 18.0 Å². The van der Waals surface area contributed by atoms with Gasteiger partial charge in [0, 0.05) is 24.8 Å². The fraction of sp³-hybridized carbons (Fsp3) is 0.417. The van der Waals surface area contributed by atoms with Gasteiger partial charge in [-0.3, -0.25) is 14.4 Å². The lowest BCUT2D eigenvalue weighted by atomic mass is 10.1. The summed E-state index contributed by atoms with van der Waals surface area (Å²) in [6.45, 7) is 1.87. The molecule has 4 N–H and O–H groups in total. The zero-order valence-electron chi connectivity index (χ0n) is 12.3. The molecule has 0 aliphatic carbocycles. The zero-order chi connectivity index (χ0) is 17.2. The number of sulfonamides is 1. The average molecular weight is 333 g/mol. The molecule has 0 fully saturated rings. The Morgan fingerprint density at radius 2 is 1.95 bits per heavy atom. The number of aromatic nitrogens is 1. The summed E-state index contributed by atoms with van der Waals surface area (Å²) in [6, 6.07) is 2.74. The van der Waals surface area contributed by atoms with Crippen LogP contribution in [0.25, 0.3) is 0 Å². The van der Waals surface area contributed by atoms with Gasteiger partial charge >= 0.3 is 0 Å². The van der Waals surface area contributed by atoms with Crippen molar-refractivity contribution in [3.8, 4) is 0 Å². The number of nitrogens with one attached hydrogen (secondary N) is 3. The van der Waals surface area contributed by atoms with Crippen molar-refractivity contribution < 1.29 is 23.1 Å². The molecular formula is C12H19N3O6S. The molecule has 0 aromatic carbocycles. The molecule has 0 bridgehead atoms. The number of hydrogen-bond acceptors (Lipinski definition) is 5. The van der Waals surface area contributed by atoms with E-state index in [0.29, 0.717) is 17.7 Å². The average Bonchev–Trinajstić information content (AvgIpc) is 2.43. The third-order valence-electron chi connectivity index (χ3n) is 2.37. The Labute approximate surface area is 127 Å². The number of carboxylic acid groups (broad SMARTS) is 1. The molecule has 1 heterocycles. The summed E-state index contributed by atoms with van der Waals surface area (Å²) in [4.78, 5) is 33.9. The van der Waals surface area contributed by atoms with Gasteiger partial charge < -0.3 is 15.4 Å². The molecule has 0 spiro atoms. The van der Waals surface area contributed by atoms with Crippen LogP contribution >= 0.6 is 0 Å². The van der Waals surface area contributed by atoms with E-state index in [1.54, 1.807) is 0 Å². The first-order valence-electron chi connectivity index (χ1n) is 6.28. The van der Waals surface area contributed by atoms with E-state index in [4.69, 9.17) is 9.90 Å². The molecule has 0 atom stereocenters. The van der Waals surface area contributed by atoms with Crippen molar-refractivity contribution in [2.75, 3.05) is 19.3 Å². The van der Waals surface area contributed by atoms with Crippen molar-refractivity contribution in [3.63, 3.8) is 0 Å². The van der Waals surface area contributed by atoms with Crippen LogP contribution in [0.3, 0.4) is 0 Å². The second-order valence-corrected chi connectivity index (χ2v) is 5.93. The number of H-pyrrole nitrogens is 1. The normalized spacial score (nSPS) is 10.3. The summed E-state index contributed by atoms with van der Waals surface area (Å²) in [6.07, 6.45) is 1.58. The van der Waals surface area contributed by atoms with E-state index in [2.05, 4.69) is 15.0 Å². The van der Waals surface area contributed by atoms with Gasteiger partial charge in [-0.25, -0.2) is 13.1 Å². The van der Waals surface area contributed by atoms with Gasteiger partial charge in [0.25, 0.3) is 12.4 Å². The van der Waals surface area contributed by atoms with Crippen LogP contribution in [0.15, 0.2) is 16.9 Å². The molecule has 22 heavy (non-hydrogen) atoms. The minimum Gasteiger partial charge on any atom is -0.483 e. The standard InChI is InChI=1S/C11H17N3O4S.CH2O2/c1-3-9-8(4-5-10(15)14-9)11(16)12-6-7-13-19(2,17)18;2-1-3/h4-5,13H,3,6-7H2,1-2H3,(H,12,16)(H,14,15);1H,(H,2,3). The fourth-order valence-corrected chi connectivity index (χ4v) is 1.99. The van der Waals surface area contributed by atoms with E-state index in [1.807, 2.05) is 6.92 Å². The Bertz CT molecular complexity index is 653. The molecule has 0 saturated carbocycles. The predicted octanol–water partition coefficient (Wildman–Crippen LogP) is -1.08. The molecule has 0 aliphatic heterocycles. The summed E-state index contributed by atoms with van der Waals surface area (Å²) in [5, 5.41) is 9.47. The number of amides is 1. The number of hydrogen-bond donors (Lipinski definition) is 4. The highest BCUT2D eigenvalue weighted by molar-refractivity contribution is 7.88. The highest BCUT2D eigenvalue weighted by Crippen LogP contribution is 2.03. The Morgan fingerprint density at radius 1 is 1.36 bits per heavy atom. The largest absolute Gasteiger partial charge is 0.483 e. The Balaban J connectivity index is 0.00000135. The van der Waals surface area contributed by atoms with Crippen LogP contribution < -0.4 is 15.6 Å². The molecule has 0 unspecified atom stereocenters. The van der Waals surface area contributed by atoms with Gasteiger partial charge in [-0.2, -0.15) is 0 Å². The van der Waals surface area contributed by atoms with Crippen molar-refractivity contribution in [2.45, 2.75) is 13.3 Å². The Hall–Kier alpha value is -2.20. The molecule has 9 nitrogen and oxygen atoms in total. The highest BCUT2D eigenvalue weighted by Gasteiger charge is 2.10. The SMILES string of the molecule is CCc1[nH]c(=O)ccc1C(=O)NCCNS(C)(=O)=O.O=CO. The third kappa shape index (κ3) is 8.17. The number of aryl methyl sites for hydroxylation is 1. The maximum absolute atomic E-state index is 11.8. The highest BCUT2D eigenvalue weighted by atomic mass is 32.2. The van der Waals surface area contributed by atoms with Crippen molar-refractivity contribution in [1.29, 1.82) is 0 Å². The molecular weight excluding hydrogens is 314 g/mol. The summed E-state index contributed by atoms with van der Waals surface area (Å²) in [5.74, 6) is -0.344. The molecule has 1 aromatic heterocycles. The van der Waals surface area contributed by atoms with Gasteiger partial charge in [0.1, 0.15) is 0 Å². The lowest BCUT2D eigenvalue weighted by Gasteiger charge is -2.08. The van der Waals surface area contributed by atoms with E-state index in [-0.39, 0.29) is 31.0 Å². The van der Waals surface area contributed by atoms with Crippen LogP contribution in [0, 0.1) is 0 Å². The summed E-state index contributed by atoms with van der Waals surface area (Å²) < 4.78 is 23.9. The van der Waals surface area contributed by atoms with Gasteiger partial charge in [0.2, 0.25) is 15.6 Å². The van der Waals surface area contributed by atoms with Crippen molar-refractivity contribution in [3.05, 3.63) is 33.7 Å². The second-order valence-electron chi connectivity index (χ2n) is 4.10. The van der Waals surface area contributed by atoms with E-state index >= 15 is 0 Å². The first-order valence-corrected chi connectivity index (χ1v) is 8.17. The number of rotatable bonds is 6. The monoisotopic (exact) mass is 333 g/mol. The molecule has 0 aliphatic rings. The number of carbonyl (C=O) groups is 2. The molecule has 1 rings (SSSR count). The van der Waals surface area contributed by atoms with Gasteiger partial charge in [-0.05, 0) is 12.5 Å². The van der Waals surface area contributed by atoms with Gasteiger partial charge in [0.05, 0.1) is 11.8 Å². The van der Waals surface area contributed by atoms with Crippen LogP contribution in [0.4, 0.5) is 0 Å². The van der Waals surface area contributed by atoms with E-state index in [1.165, 1.54) is 12.1 Å². The fourth-order valence-electron chi connectivity index (χ4n) is 1.52. The maximum atomic E-state index is 11.8. The minimum atomic E-state index is -3.25. The minimum absolute atomic E-state index is 0.120. The molecule has 0 radical (unpaired) electrons. The summed E-state index contributed by atoms with van der Waals surface area (Å²) >= 11 is 0. The van der Waals surface area contributed by atoms with Crippen molar-refractivity contribution in [2.24, 2.45) is 0 Å². The molecule has 10 heteroatoms. The van der Waals surface area contributed by atoms with Crippen molar-refractivity contribution in [1.82, 2.24) is 15.0 Å². The maximum Gasteiger partial charge on any atom is 0.290 e. The predicted molar refractivity (Wildman–Crippen MR) is 80.3 cm³/mol. The molecule has 1 amide bonds. The molecule has 1 aromatic rings. The van der Waals surface area contributed by atoms with Crippen LogP contribution in [-0.2, 0) is 21.2 Å². The van der Waals surface area contributed by atoms with Crippen LogP contribution in [-0.4, -0.2) is 50.2 Å². The summed E-state index contributed by atoms with van der Waals surface area (Å²) in [7, 11) is -3.25.